The first-order chi connectivity index (χ1) is 12.5. The van der Waals surface area contributed by atoms with Crippen LogP contribution in [0.15, 0.2) is 54.1 Å². The molecule has 0 aliphatic carbocycles. The van der Waals surface area contributed by atoms with Crippen molar-refractivity contribution in [2.45, 2.75) is 12.8 Å². The number of nitriles is 1. The zero-order valence-corrected chi connectivity index (χ0v) is 13.9. The van der Waals surface area contributed by atoms with Crippen LogP contribution in [0.25, 0.3) is 6.08 Å². The Hall–Kier alpha value is -3.66. The fraction of sp³-hybridized carbons (Fsp3) is 0.158. The topological polar surface area (TPSA) is 116 Å². The zero-order chi connectivity index (χ0) is 18.9. The van der Waals surface area contributed by atoms with E-state index in [9.17, 15) is 20.0 Å². The number of nitrogens with zero attached hydrogens (tertiary/aromatic N) is 2. The van der Waals surface area contributed by atoms with Gasteiger partial charge in [0.1, 0.15) is 11.6 Å². The number of amides is 1. The lowest BCUT2D eigenvalue weighted by Crippen LogP contribution is -2.25. The second-order valence-electron chi connectivity index (χ2n) is 5.52. The van der Waals surface area contributed by atoms with Crippen molar-refractivity contribution < 1.29 is 14.8 Å². The van der Waals surface area contributed by atoms with E-state index in [4.69, 9.17) is 5.26 Å². The van der Waals surface area contributed by atoms with E-state index in [0.717, 1.165) is 25.0 Å². The number of phenolic OH excluding ortho intramolecular Hbond substituents is 1. The van der Waals surface area contributed by atoms with Crippen molar-refractivity contribution in [2.24, 2.45) is 0 Å². The van der Waals surface area contributed by atoms with Gasteiger partial charge in [0, 0.05) is 12.6 Å². The number of benzene rings is 2. The largest absolute Gasteiger partial charge is 0.502 e. The average molecular weight is 351 g/mol. The summed E-state index contributed by atoms with van der Waals surface area (Å²) in [6.07, 6.45) is 2.81. The average Bonchev–Trinajstić information content (AvgIpc) is 2.63. The van der Waals surface area contributed by atoms with Crippen LogP contribution >= 0.6 is 0 Å². The van der Waals surface area contributed by atoms with Crippen molar-refractivity contribution >= 4 is 17.7 Å². The molecule has 0 aromatic heterocycles. The third-order valence-corrected chi connectivity index (χ3v) is 3.64. The van der Waals surface area contributed by atoms with Crippen LogP contribution < -0.4 is 5.32 Å². The predicted octanol–water partition coefficient (Wildman–Crippen LogP) is 2.96. The monoisotopic (exact) mass is 351 g/mol. The maximum absolute atomic E-state index is 12.1. The van der Waals surface area contributed by atoms with Gasteiger partial charge in [0.25, 0.3) is 5.91 Å². The highest BCUT2D eigenvalue weighted by atomic mass is 16.6. The molecule has 0 unspecified atom stereocenters. The van der Waals surface area contributed by atoms with E-state index < -0.39 is 22.3 Å². The molecule has 7 heteroatoms. The van der Waals surface area contributed by atoms with Gasteiger partial charge in [-0.2, -0.15) is 5.26 Å². The van der Waals surface area contributed by atoms with Crippen LogP contribution in [0, 0.1) is 21.4 Å². The summed E-state index contributed by atoms with van der Waals surface area (Å²) >= 11 is 0. The number of carbonyl (C=O) groups is 1. The summed E-state index contributed by atoms with van der Waals surface area (Å²) in [7, 11) is 0. The van der Waals surface area contributed by atoms with E-state index in [1.165, 1.54) is 17.7 Å². The SMILES string of the molecule is N#C/C(=C/c1ccc([N+](=O)[O-])c(O)c1)C(=O)NCCCc1ccccc1. The molecule has 0 spiro atoms. The molecule has 2 rings (SSSR count). The predicted molar refractivity (Wildman–Crippen MR) is 96.1 cm³/mol. The fourth-order valence-corrected chi connectivity index (χ4v) is 2.33. The maximum atomic E-state index is 12.1. The second-order valence-corrected chi connectivity index (χ2v) is 5.52. The Kier molecular flexibility index (Phi) is 6.46. The summed E-state index contributed by atoms with van der Waals surface area (Å²) in [5.74, 6) is -1.05. The molecule has 2 aromatic rings. The molecule has 2 N–H and O–H groups in total. The van der Waals surface area contributed by atoms with Crippen molar-refractivity contribution in [1.82, 2.24) is 5.32 Å². The van der Waals surface area contributed by atoms with Gasteiger partial charge in [0.15, 0.2) is 5.75 Å². The highest BCUT2D eigenvalue weighted by Gasteiger charge is 2.14. The first-order valence-electron chi connectivity index (χ1n) is 7.92. The number of aryl methyl sites for hydroxylation is 1. The van der Waals surface area contributed by atoms with Crippen molar-refractivity contribution in [3.8, 4) is 11.8 Å². The van der Waals surface area contributed by atoms with E-state index in [1.54, 1.807) is 6.07 Å². The maximum Gasteiger partial charge on any atom is 0.310 e. The normalized spacial score (nSPS) is 10.8. The van der Waals surface area contributed by atoms with Crippen LogP contribution in [0.4, 0.5) is 5.69 Å². The third kappa shape index (κ3) is 5.18. The summed E-state index contributed by atoms with van der Waals surface area (Å²) in [6, 6.07) is 15.3. The molecule has 0 radical (unpaired) electrons. The van der Waals surface area contributed by atoms with Gasteiger partial charge in [-0.3, -0.25) is 14.9 Å². The Bertz CT molecular complexity index is 870. The van der Waals surface area contributed by atoms with Crippen LogP contribution in [0.2, 0.25) is 0 Å². The van der Waals surface area contributed by atoms with Gasteiger partial charge >= 0.3 is 5.69 Å². The van der Waals surface area contributed by atoms with Crippen LogP contribution in [-0.4, -0.2) is 22.5 Å². The number of nitrogens with one attached hydrogen (secondary N) is 1. The Labute approximate surface area is 150 Å². The smallest absolute Gasteiger partial charge is 0.310 e. The van der Waals surface area contributed by atoms with E-state index in [-0.39, 0.29) is 5.57 Å². The van der Waals surface area contributed by atoms with Crippen LogP contribution in [0.5, 0.6) is 5.75 Å². The number of hydrogen-bond acceptors (Lipinski definition) is 5. The van der Waals surface area contributed by atoms with Gasteiger partial charge < -0.3 is 10.4 Å². The number of rotatable bonds is 7. The minimum atomic E-state index is -0.715. The van der Waals surface area contributed by atoms with Gasteiger partial charge in [-0.15, -0.1) is 0 Å². The standard InChI is InChI=1S/C19H17N3O4/c20-13-16(11-15-8-9-17(22(25)26)18(23)12-15)19(24)21-10-4-7-14-5-2-1-3-6-14/h1-3,5-6,8-9,11-12,23H,4,7,10H2,(H,21,24)/b16-11-. The molecule has 0 saturated carbocycles. The highest BCUT2D eigenvalue weighted by Crippen LogP contribution is 2.27. The van der Waals surface area contributed by atoms with E-state index in [0.29, 0.717) is 12.1 Å². The van der Waals surface area contributed by atoms with Crippen LogP contribution in [0.3, 0.4) is 0 Å². The highest BCUT2D eigenvalue weighted by molar-refractivity contribution is 6.01. The molecule has 2 aromatic carbocycles. The Balaban J connectivity index is 1.95. The van der Waals surface area contributed by atoms with Gasteiger partial charge in [-0.05, 0) is 42.2 Å². The van der Waals surface area contributed by atoms with Crippen molar-refractivity contribution in [3.63, 3.8) is 0 Å². The van der Waals surface area contributed by atoms with Crippen molar-refractivity contribution in [3.05, 3.63) is 75.3 Å². The molecule has 26 heavy (non-hydrogen) atoms. The minimum absolute atomic E-state index is 0.141. The van der Waals surface area contributed by atoms with Crippen molar-refractivity contribution in [2.75, 3.05) is 6.54 Å². The quantitative estimate of drug-likeness (QED) is 0.261. The molecule has 0 bridgehead atoms. The first kappa shape index (κ1) is 18.7. The summed E-state index contributed by atoms with van der Waals surface area (Å²) in [5.41, 5.74) is 0.909. The Morgan fingerprint density at radius 1 is 1.27 bits per heavy atom. The molecule has 0 heterocycles. The molecule has 1 amide bonds. The number of aromatic hydroxyl groups is 1. The van der Waals surface area contributed by atoms with E-state index >= 15 is 0 Å². The lowest BCUT2D eigenvalue weighted by Gasteiger charge is -2.05. The molecular weight excluding hydrogens is 334 g/mol. The number of phenols is 1. The second kappa shape index (κ2) is 8.99. The van der Waals surface area contributed by atoms with Crippen LogP contribution in [0.1, 0.15) is 17.5 Å². The molecule has 0 saturated heterocycles. The Morgan fingerprint density at radius 2 is 2.00 bits per heavy atom. The van der Waals surface area contributed by atoms with Gasteiger partial charge in [0.2, 0.25) is 0 Å². The number of hydrogen-bond donors (Lipinski definition) is 2. The van der Waals surface area contributed by atoms with Gasteiger partial charge in [-0.25, -0.2) is 0 Å². The zero-order valence-electron chi connectivity index (χ0n) is 13.9. The number of nitro groups is 1. The summed E-state index contributed by atoms with van der Waals surface area (Å²) < 4.78 is 0. The third-order valence-electron chi connectivity index (χ3n) is 3.64. The molecule has 0 aliphatic rings. The molecule has 0 fully saturated rings. The Morgan fingerprint density at radius 3 is 2.62 bits per heavy atom. The molecule has 0 atom stereocenters. The number of carbonyl (C=O) groups excluding carboxylic acids is 1. The van der Waals surface area contributed by atoms with Crippen LogP contribution in [-0.2, 0) is 11.2 Å². The summed E-state index contributed by atoms with van der Waals surface area (Å²) in [6.45, 7) is 0.415. The molecule has 0 aliphatic heterocycles. The summed E-state index contributed by atoms with van der Waals surface area (Å²) in [5, 5.41) is 32.1. The van der Waals surface area contributed by atoms with Crippen molar-refractivity contribution in [1.29, 1.82) is 5.26 Å². The number of nitro benzene ring substituents is 1. The minimum Gasteiger partial charge on any atom is -0.502 e. The molecule has 132 valence electrons. The van der Waals surface area contributed by atoms with E-state index in [2.05, 4.69) is 5.32 Å². The lowest BCUT2D eigenvalue weighted by atomic mass is 10.1. The fourth-order valence-electron chi connectivity index (χ4n) is 2.33. The molecular formula is C19H17N3O4. The molecule has 7 nitrogen and oxygen atoms in total. The van der Waals surface area contributed by atoms with Gasteiger partial charge in [0.05, 0.1) is 4.92 Å². The lowest BCUT2D eigenvalue weighted by molar-refractivity contribution is -0.385. The van der Waals surface area contributed by atoms with Gasteiger partial charge in [-0.1, -0.05) is 30.3 Å². The van der Waals surface area contributed by atoms with E-state index in [1.807, 2.05) is 30.3 Å². The summed E-state index contributed by atoms with van der Waals surface area (Å²) in [4.78, 5) is 22.0. The first-order valence-corrected chi connectivity index (χ1v) is 7.92.